The van der Waals surface area contributed by atoms with Crippen LogP contribution in [0, 0.1) is 6.92 Å². The lowest BCUT2D eigenvalue weighted by atomic mass is 10.1. The molecule has 0 saturated heterocycles. The molecular weight excluding hydrogens is 200 g/mol. The highest BCUT2D eigenvalue weighted by Gasteiger charge is 2.11. The summed E-state index contributed by atoms with van der Waals surface area (Å²) in [6.45, 7) is 12.5. The van der Waals surface area contributed by atoms with Gasteiger partial charge in [-0.05, 0) is 46.2 Å². The van der Waals surface area contributed by atoms with Crippen molar-refractivity contribution in [3.8, 4) is 0 Å². The van der Waals surface area contributed by atoms with Crippen molar-refractivity contribution in [2.45, 2.75) is 52.7 Å². The van der Waals surface area contributed by atoms with Crippen molar-refractivity contribution in [2.75, 3.05) is 6.54 Å². The van der Waals surface area contributed by atoms with E-state index in [-0.39, 0.29) is 5.54 Å². The zero-order valence-corrected chi connectivity index (χ0v) is 11.1. The number of rotatable bonds is 5. The van der Waals surface area contributed by atoms with Crippen LogP contribution >= 0.6 is 0 Å². The van der Waals surface area contributed by atoms with E-state index in [0.29, 0.717) is 6.04 Å². The second-order valence-electron chi connectivity index (χ2n) is 5.44. The summed E-state index contributed by atoms with van der Waals surface area (Å²) in [6, 6.07) is 2.43. The van der Waals surface area contributed by atoms with Crippen LogP contribution in [0.4, 0.5) is 0 Å². The van der Waals surface area contributed by atoms with Gasteiger partial charge in [0.1, 0.15) is 5.76 Å². The van der Waals surface area contributed by atoms with Gasteiger partial charge in [0, 0.05) is 18.1 Å². The van der Waals surface area contributed by atoms with Crippen LogP contribution < -0.4 is 10.6 Å². The minimum atomic E-state index is 0.177. The van der Waals surface area contributed by atoms with Gasteiger partial charge in [0.25, 0.3) is 0 Å². The van der Waals surface area contributed by atoms with Crippen LogP contribution in [0.15, 0.2) is 16.7 Å². The van der Waals surface area contributed by atoms with Crippen LogP contribution in [0.3, 0.4) is 0 Å². The molecule has 92 valence electrons. The molecule has 3 nitrogen and oxygen atoms in total. The van der Waals surface area contributed by atoms with Gasteiger partial charge in [-0.15, -0.1) is 0 Å². The van der Waals surface area contributed by atoms with Crippen LogP contribution in [0.1, 0.15) is 39.0 Å². The average molecular weight is 224 g/mol. The maximum atomic E-state index is 5.38. The predicted molar refractivity (Wildman–Crippen MR) is 67.5 cm³/mol. The first kappa shape index (κ1) is 13.3. The van der Waals surface area contributed by atoms with Crippen molar-refractivity contribution in [1.29, 1.82) is 0 Å². The van der Waals surface area contributed by atoms with E-state index in [2.05, 4.69) is 45.3 Å². The van der Waals surface area contributed by atoms with Crippen LogP contribution in [-0.4, -0.2) is 18.1 Å². The Kier molecular flexibility index (Phi) is 4.56. The molecule has 0 aromatic carbocycles. The summed E-state index contributed by atoms with van der Waals surface area (Å²) < 4.78 is 5.38. The van der Waals surface area contributed by atoms with Crippen LogP contribution in [0.2, 0.25) is 0 Å². The van der Waals surface area contributed by atoms with Gasteiger partial charge in [-0.2, -0.15) is 0 Å². The van der Waals surface area contributed by atoms with Crippen molar-refractivity contribution in [1.82, 2.24) is 10.6 Å². The third-order valence-corrected chi connectivity index (χ3v) is 2.52. The highest BCUT2D eigenvalue weighted by atomic mass is 16.3. The number of aryl methyl sites for hydroxylation is 1. The maximum Gasteiger partial charge on any atom is 0.120 e. The van der Waals surface area contributed by atoms with Crippen molar-refractivity contribution in [2.24, 2.45) is 0 Å². The van der Waals surface area contributed by atoms with E-state index in [0.717, 1.165) is 18.8 Å². The molecule has 2 N–H and O–H groups in total. The third kappa shape index (κ3) is 4.81. The first-order chi connectivity index (χ1) is 7.38. The van der Waals surface area contributed by atoms with Crippen molar-refractivity contribution < 1.29 is 4.42 Å². The Bertz CT molecular complexity index is 312. The minimum Gasteiger partial charge on any atom is -0.468 e. The van der Waals surface area contributed by atoms with E-state index in [1.165, 1.54) is 5.56 Å². The van der Waals surface area contributed by atoms with E-state index in [1.54, 1.807) is 6.26 Å². The lowest BCUT2D eigenvalue weighted by molar-refractivity contribution is 0.377. The summed E-state index contributed by atoms with van der Waals surface area (Å²) in [5.74, 6) is 1.03. The molecule has 0 aliphatic rings. The SMILES string of the molecule is Cc1ccoc1CNC(C)CNC(C)(C)C. The van der Waals surface area contributed by atoms with E-state index in [1.807, 2.05) is 6.07 Å². The Labute approximate surface area is 98.6 Å². The predicted octanol–water partition coefficient (Wildman–Crippen LogP) is 2.45. The fraction of sp³-hybridized carbons (Fsp3) is 0.692. The highest BCUT2D eigenvalue weighted by molar-refractivity contribution is 5.14. The molecule has 0 spiro atoms. The van der Waals surface area contributed by atoms with E-state index < -0.39 is 0 Å². The zero-order valence-electron chi connectivity index (χ0n) is 11.1. The average Bonchev–Trinajstić information content (AvgIpc) is 2.57. The number of hydrogen-bond donors (Lipinski definition) is 2. The maximum absolute atomic E-state index is 5.38. The lowest BCUT2D eigenvalue weighted by Gasteiger charge is -2.23. The quantitative estimate of drug-likeness (QED) is 0.806. The molecule has 1 atom stereocenters. The van der Waals surface area contributed by atoms with Gasteiger partial charge in [0.2, 0.25) is 0 Å². The number of hydrogen-bond acceptors (Lipinski definition) is 3. The third-order valence-electron chi connectivity index (χ3n) is 2.52. The molecule has 1 aromatic heterocycles. The Morgan fingerprint density at radius 2 is 2.06 bits per heavy atom. The smallest absolute Gasteiger partial charge is 0.120 e. The normalized spacial score (nSPS) is 14.1. The second-order valence-corrected chi connectivity index (χ2v) is 5.44. The molecular formula is C13H24N2O. The minimum absolute atomic E-state index is 0.177. The summed E-state index contributed by atoms with van der Waals surface area (Å²) in [5, 5.41) is 6.92. The number of furan rings is 1. The molecule has 1 rings (SSSR count). The van der Waals surface area contributed by atoms with Crippen molar-refractivity contribution in [3.63, 3.8) is 0 Å². The molecule has 16 heavy (non-hydrogen) atoms. The molecule has 0 amide bonds. The molecule has 1 heterocycles. The van der Waals surface area contributed by atoms with Gasteiger partial charge in [-0.25, -0.2) is 0 Å². The molecule has 1 aromatic rings. The van der Waals surface area contributed by atoms with Crippen LogP contribution in [0.5, 0.6) is 0 Å². The molecule has 0 aliphatic carbocycles. The van der Waals surface area contributed by atoms with Gasteiger partial charge in [0.05, 0.1) is 12.8 Å². The van der Waals surface area contributed by atoms with Crippen LogP contribution in [0.25, 0.3) is 0 Å². The zero-order chi connectivity index (χ0) is 12.2. The Morgan fingerprint density at radius 3 is 2.56 bits per heavy atom. The largest absolute Gasteiger partial charge is 0.468 e. The summed E-state index contributed by atoms with van der Waals surface area (Å²) in [4.78, 5) is 0. The molecule has 0 aliphatic heterocycles. The topological polar surface area (TPSA) is 37.2 Å². The Morgan fingerprint density at radius 1 is 1.38 bits per heavy atom. The Balaban J connectivity index is 2.25. The van der Waals surface area contributed by atoms with E-state index in [4.69, 9.17) is 4.42 Å². The highest BCUT2D eigenvalue weighted by Crippen LogP contribution is 2.08. The molecule has 0 saturated carbocycles. The summed E-state index contributed by atoms with van der Waals surface area (Å²) >= 11 is 0. The second kappa shape index (κ2) is 5.51. The van der Waals surface area contributed by atoms with Gasteiger partial charge < -0.3 is 15.1 Å². The monoisotopic (exact) mass is 224 g/mol. The molecule has 1 unspecified atom stereocenters. The Hall–Kier alpha value is -0.800. The fourth-order valence-electron chi connectivity index (χ4n) is 1.38. The molecule has 0 radical (unpaired) electrons. The van der Waals surface area contributed by atoms with E-state index in [9.17, 15) is 0 Å². The lowest BCUT2D eigenvalue weighted by Crippen LogP contribution is -2.44. The van der Waals surface area contributed by atoms with Crippen molar-refractivity contribution in [3.05, 3.63) is 23.7 Å². The molecule has 3 heteroatoms. The summed E-state index contributed by atoms with van der Waals surface area (Å²) in [5.41, 5.74) is 1.39. The standard InChI is InChI=1S/C13H24N2O/c1-10-6-7-16-12(10)9-14-11(2)8-15-13(3,4)5/h6-7,11,14-15H,8-9H2,1-5H3. The van der Waals surface area contributed by atoms with Gasteiger partial charge in [-0.1, -0.05) is 0 Å². The summed E-state index contributed by atoms with van der Waals surface area (Å²) in [6.07, 6.45) is 1.74. The fourth-order valence-corrected chi connectivity index (χ4v) is 1.38. The van der Waals surface area contributed by atoms with Gasteiger partial charge in [-0.3, -0.25) is 0 Å². The van der Waals surface area contributed by atoms with Crippen LogP contribution in [-0.2, 0) is 6.54 Å². The molecule has 0 bridgehead atoms. The number of nitrogens with one attached hydrogen (secondary N) is 2. The van der Waals surface area contributed by atoms with Gasteiger partial charge >= 0.3 is 0 Å². The first-order valence-corrected chi connectivity index (χ1v) is 5.90. The summed E-state index contributed by atoms with van der Waals surface area (Å²) in [7, 11) is 0. The van der Waals surface area contributed by atoms with Crippen molar-refractivity contribution >= 4 is 0 Å². The first-order valence-electron chi connectivity index (χ1n) is 5.90. The van der Waals surface area contributed by atoms with E-state index >= 15 is 0 Å². The van der Waals surface area contributed by atoms with Gasteiger partial charge in [0.15, 0.2) is 0 Å². The molecule has 0 fully saturated rings.